The first-order chi connectivity index (χ1) is 11.1. The van der Waals surface area contributed by atoms with E-state index in [4.69, 9.17) is 11.6 Å². The number of benzene rings is 2. The van der Waals surface area contributed by atoms with E-state index < -0.39 is 23.7 Å². The smallest absolute Gasteiger partial charge is 0.287 e. The molecule has 0 bridgehead atoms. The largest absolute Gasteiger partial charge is 0.409 e. The number of carbonyl (C=O) groups excluding carboxylic acids is 1. The molecule has 0 aliphatic carbocycles. The predicted octanol–water partition coefficient (Wildman–Crippen LogP) is 4.61. The van der Waals surface area contributed by atoms with Crippen molar-refractivity contribution in [1.29, 1.82) is 0 Å². The van der Waals surface area contributed by atoms with Gasteiger partial charge in [0.2, 0.25) is 5.91 Å². The van der Waals surface area contributed by atoms with Gasteiger partial charge in [-0.05, 0) is 36.9 Å². The zero-order valence-electron chi connectivity index (χ0n) is 13.1. The Bertz CT molecular complexity index is 804. The first-order valence-electron chi connectivity index (χ1n) is 7.43. The molecule has 1 atom stereocenters. The maximum Gasteiger partial charge on any atom is 0.409 e. The lowest BCUT2D eigenvalue weighted by Crippen LogP contribution is -2.51. The van der Waals surface area contributed by atoms with Gasteiger partial charge in [-0.15, -0.1) is 0 Å². The molecule has 1 fully saturated rings. The fourth-order valence-corrected chi connectivity index (χ4v) is 3.44. The summed E-state index contributed by atoms with van der Waals surface area (Å²) in [6.45, 7) is 3.21. The Morgan fingerprint density at radius 2 is 1.92 bits per heavy atom. The number of carbonyl (C=O) groups is 1. The third-order valence-electron chi connectivity index (χ3n) is 4.21. The second kappa shape index (κ2) is 5.63. The van der Waals surface area contributed by atoms with E-state index in [2.05, 4.69) is 5.43 Å². The summed E-state index contributed by atoms with van der Waals surface area (Å²) in [6, 6.07) is 7.81. The van der Waals surface area contributed by atoms with Crippen molar-refractivity contribution in [3.63, 3.8) is 0 Å². The molecule has 2 aromatic rings. The summed E-state index contributed by atoms with van der Waals surface area (Å²) in [5, 5.41) is 2.54. The number of amides is 1. The molecule has 7 heteroatoms. The standard InChI is InChI=1S/C17H16ClF3N2O/c1-16(2)9-14(24)22-23(16)15(17(19,20)21)11-7-10-5-3-4-6-12(10)13(18)8-11/h3-8,15H,9H2,1-2H3,(H,22,24). The van der Waals surface area contributed by atoms with Gasteiger partial charge in [0.05, 0.1) is 0 Å². The van der Waals surface area contributed by atoms with Gasteiger partial charge in [0.15, 0.2) is 6.04 Å². The summed E-state index contributed by atoms with van der Waals surface area (Å²) in [7, 11) is 0. The van der Waals surface area contributed by atoms with Crippen molar-refractivity contribution in [2.24, 2.45) is 0 Å². The molecular weight excluding hydrogens is 341 g/mol. The van der Waals surface area contributed by atoms with Gasteiger partial charge in [-0.2, -0.15) is 18.2 Å². The number of fused-ring (bicyclic) bond motifs is 1. The number of nitrogens with one attached hydrogen (secondary N) is 1. The molecule has 1 N–H and O–H groups in total. The van der Waals surface area contributed by atoms with Gasteiger partial charge >= 0.3 is 6.18 Å². The summed E-state index contributed by atoms with van der Waals surface area (Å²) in [6.07, 6.45) is -4.57. The molecule has 2 aromatic carbocycles. The molecule has 1 unspecified atom stereocenters. The normalized spacial score (nSPS) is 19.5. The third kappa shape index (κ3) is 2.96. The minimum atomic E-state index is -4.57. The highest BCUT2D eigenvalue weighted by Crippen LogP contribution is 2.44. The van der Waals surface area contributed by atoms with E-state index >= 15 is 0 Å². The van der Waals surface area contributed by atoms with Crippen molar-refractivity contribution < 1.29 is 18.0 Å². The first kappa shape index (κ1) is 17.0. The molecule has 1 saturated heterocycles. The van der Waals surface area contributed by atoms with Crippen LogP contribution in [0.15, 0.2) is 36.4 Å². The lowest BCUT2D eigenvalue weighted by Gasteiger charge is -2.38. The highest BCUT2D eigenvalue weighted by Gasteiger charge is 2.53. The van der Waals surface area contributed by atoms with E-state index in [1.807, 2.05) is 0 Å². The fourth-order valence-electron chi connectivity index (χ4n) is 3.15. The number of alkyl halides is 3. The molecular formula is C17H16ClF3N2O. The SMILES string of the molecule is CC1(C)CC(=O)NN1C(c1cc(Cl)c2ccccc2c1)C(F)(F)F. The lowest BCUT2D eigenvalue weighted by molar-refractivity contribution is -0.203. The van der Waals surface area contributed by atoms with Gasteiger partial charge in [-0.3, -0.25) is 10.2 Å². The van der Waals surface area contributed by atoms with E-state index in [1.54, 1.807) is 38.1 Å². The number of nitrogens with zero attached hydrogens (tertiary/aromatic N) is 1. The average Bonchev–Trinajstić information content (AvgIpc) is 2.70. The van der Waals surface area contributed by atoms with Gasteiger partial charge in [-0.25, -0.2) is 0 Å². The highest BCUT2D eigenvalue weighted by molar-refractivity contribution is 6.35. The monoisotopic (exact) mass is 356 g/mol. The van der Waals surface area contributed by atoms with Crippen molar-refractivity contribution in [1.82, 2.24) is 10.4 Å². The molecule has 128 valence electrons. The van der Waals surface area contributed by atoms with Crippen LogP contribution in [0.25, 0.3) is 10.8 Å². The zero-order valence-corrected chi connectivity index (χ0v) is 13.9. The molecule has 3 nitrogen and oxygen atoms in total. The number of hydrogen-bond acceptors (Lipinski definition) is 2. The Hall–Kier alpha value is -1.79. The highest BCUT2D eigenvalue weighted by atomic mass is 35.5. The Kier molecular flexibility index (Phi) is 4.00. The Labute approximate surface area is 142 Å². The van der Waals surface area contributed by atoms with Crippen LogP contribution in [0, 0.1) is 0 Å². The van der Waals surface area contributed by atoms with Crippen molar-refractivity contribution in [2.75, 3.05) is 0 Å². The summed E-state index contributed by atoms with van der Waals surface area (Å²) in [4.78, 5) is 11.7. The number of hydrogen-bond donors (Lipinski definition) is 1. The average molecular weight is 357 g/mol. The maximum atomic E-state index is 13.8. The quantitative estimate of drug-likeness (QED) is 0.852. The van der Waals surface area contributed by atoms with E-state index in [-0.39, 0.29) is 17.0 Å². The minimum Gasteiger partial charge on any atom is -0.287 e. The second-order valence-corrected chi connectivity index (χ2v) is 6.97. The summed E-state index contributed by atoms with van der Waals surface area (Å²) in [5.41, 5.74) is 1.39. The van der Waals surface area contributed by atoms with Crippen LogP contribution in [0.2, 0.25) is 5.02 Å². The predicted molar refractivity (Wildman–Crippen MR) is 86.4 cm³/mol. The van der Waals surface area contributed by atoms with Gasteiger partial charge < -0.3 is 0 Å². The second-order valence-electron chi connectivity index (χ2n) is 6.56. The Morgan fingerprint density at radius 3 is 2.50 bits per heavy atom. The van der Waals surface area contributed by atoms with Gasteiger partial charge in [0, 0.05) is 22.4 Å². The van der Waals surface area contributed by atoms with E-state index in [0.29, 0.717) is 10.8 Å². The van der Waals surface area contributed by atoms with Crippen LogP contribution < -0.4 is 5.43 Å². The zero-order chi connectivity index (χ0) is 17.7. The molecule has 0 aromatic heterocycles. The van der Waals surface area contributed by atoms with Crippen LogP contribution in [0.5, 0.6) is 0 Å². The van der Waals surface area contributed by atoms with Crippen molar-refractivity contribution in [3.8, 4) is 0 Å². The third-order valence-corrected chi connectivity index (χ3v) is 4.52. The molecule has 24 heavy (non-hydrogen) atoms. The summed E-state index contributed by atoms with van der Waals surface area (Å²) >= 11 is 6.19. The number of hydrazine groups is 1. The van der Waals surface area contributed by atoms with E-state index in [9.17, 15) is 18.0 Å². The van der Waals surface area contributed by atoms with Crippen LogP contribution in [-0.4, -0.2) is 22.6 Å². The van der Waals surface area contributed by atoms with Gasteiger partial charge in [0.25, 0.3) is 0 Å². The topological polar surface area (TPSA) is 32.3 Å². The van der Waals surface area contributed by atoms with Crippen molar-refractivity contribution in [2.45, 2.75) is 38.0 Å². The Morgan fingerprint density at radius 1 is 1.25 bits per heavy atom. The molecule has 0 saturated carbocycles. The van der Waals surface area contributed by atoms with Crippen LogP contribution in [-0.2, 0) is 4.79 Å². The fraction of sp³-hybridized carbons (Fsp3) is 0.353. The Balaban J connectivity index is 2.16. The molecule has 1 aliphatic rings. The molecule has 1 amide bonds. The first-order valence-corrected chi connectivity index (χ1v) is 7.81. The number of rotatable bonds is 2. The van der Waals surface area contributed by atoms with Crippen LogP contribution in [0.3, 0.4) is 0 Å². The molecule has 0 radical (unpaired) electrons. The summed E-state index contributed by atoms with van der Waals surface area (Å²) in [5.74, 6) is -0.430. The lowest BCUT2D eigenvalue weighted by atomic mass is 9.95. The minimum absolute atomic E-state index is 0.000886. The van der Waals surface area contributed by atoms with Crippen molar-refractivity contribution in [3.05, 3.63) is 47.0 Å². The molecule has 1 aliphatic heterocycles. The van der Waals surface area contributed by atoms with Crippen LogP contribution >= 0.6 is 11.6 Å². The van der Waals surface area contributed by atoms with Crippen LogP contribution in [0.4, 0.5) is 13.2 Å². The summed E-state index contributed by atoms with van der Waals surface area (Å²) < 4.78 is 41.5. The maximum absolute atomic E-state index is 13.8. The van der Waals surface area contributed by atoms with Crippen LogP contribution in [0.1, 0.15) is 31.9 Å². The van der Waals surface area contributed by atoms with Gasteiger partial charge in [-0.1, -0.05) is 35.9 Å². The van der Waals surface area contributed by atoms with E-state index in [0.717, 1.165) is 5.01 Å². The molecule has 1 heterocycles. The van der Waals surface area contributed by atoms with E-state index in [1.165, 1.54) is 12.1 Å². The molecule has 3 rings (SSSR count). The van der Waals surface area contributed by atoms with Gasteiger partial charge in [0.1, 0.15) is 0 Å². The van der Waals surface area contributed by atoms with Crippen molar-refractivity contribution >= 4 is 28.3 Å². The molecule has 0 spiro atoms. The number of halogens is 4.